The van der Waals surface area contributed by atoms with Crippen LogP contribution in [0.5, 0.6) is 0 Å². The highest BCUT2D eigenvalue weighted by Gasteiger charge is 2.25. The van der Waals surface area contributed by atoms with E-state index in [9.17, 15) is 19.7 Å². The van der Waals surface area contributed by atoms with Crippen molar-refractivity contribution in [2.45, 2.75) is 44.2 Å². The summed E-state index contributed by atoms with van der Waals surface area (Å²) in [5.41, 5.74) is 0.0285. The van der Waals surface area contributed by atoms with Gasteiger partial charge in [0.15, 0.2) is 0 Å². The van der Waals surface area contributed by atoms with Crippen LogP contribution in [-0.2, 0) is 4.79 Å². The average molecular weight is 365 g/mol. The molecule has 0 aliphatic heterocycles. The number of amides is 2. The molecule has 1 aromatic carbocycles. The van der Waals surface area contributed by atoms with Gasteiger partial charge in [0.05, 0.1) is 4.92 Å². The Morgan fingerprint density at radius 3 is 2.72 bits per heavy atom. The fraction of sp³-hybridized carbons (Fsp3) is 0.529. The molecule has 136 valence electrons. The number of rotatable bonds is 8. The summed E-state index contributed by atoms with van der Waals surface area (Å²) in [6, 6.07) is 5.05. The molecule has 2 N–H and O–H groups in total. The Kier molecular flexibility index (Phi) is 7.24. The van der Waals surface area contributed by atoms with Gasteiger partial charge in [-0.2, -0.15) is 11.8 Å². The molecule has 0 heterocycles. The molecule has 0 aromatic heterocycles. The second kappa shape index (κ2) is 9.41. The van der Waals surface area contributed by atoms with Crippen molar-refractivity contribution < 1.29 is 14.5 Å². The lowest BCUT2D eigenvalue weighted by Gasteiger charge is -2.21. The van der Waals surface area contributed by atoms with E-state index in [4.69, 9.17) is 0 Å². The van der Waals surface area contributed by atoms with Crippen LogP contribution in [0.4, 0.5) is 5.69 Å². The van der Waals surface area contributed by atoms with Crippen molar-refractivity contribution in [2.75, 3.05) is 12.0 Å². The van der Waals surface area contributed by atoms with Crippen LogP contribution in [0.1, 0.15) is 42.5 Å². The van der Waals surface area contributed by atoms with E-state index in [1.807, 2.05) is 6.26 Å². The SMILES string of the molecule is CSCC[C@H](NC(=O)c1cccc([N+](=O)[O-])c1)C(=O)NC1CCCC1. The Bertz CT molecular complexity index is 632. The van der Waals surface area contributed by atoms with Gasteiger partial charge in [0, 0.05) is 23.7 Å². The van der Waals surface area contributed by atoms with Crippen molar-refractivity contribution in [3.63, 3.8) is 0 Å². The maximum absolute atomic E-state index is 12.5. The maximum Gasteiger partial charge on any atom is 0.270 e. The molecule has 0 spiro atoms. The first-order chi connectivity index (χ1) is 12.0. The standard InChI is InChI=1S/C17H23N3O4S/c1-25-10-9-15(17(22)18-13-6-2-3-7-13)19-16(21)12-5-4-8-14(11-12)20(23)24/h4-5,8,11,13,15H,2-3,6-7,9-10H2,1H3,(H,18,22)(H,19,21)/t15-/m0/s1. The monoisotopic (exact) mass is 365 g/mol. The van der Waals surface area contributed by atoms with Crippen LogP contribution in [0.3, 0.4) is 0 Å². The molecular formula is C17H23N3O4S. The van der Waals surface area contributed by atoms with Crippen LogP contribution < -0.4 is 10.6 Å². The number of thioether (sulfide) groups is 1. The normalized spacial score (nSPS) is 15.6. The summed E-state index contributed by atoms with van der Waals surface area (Å²) in [5, 5.41) is 16.6. The molecule has 2 rings (SSSR count). The first-order valence-electron chi connectivity index (χ1n) is 8.36. The molecular weight excluding hydrogens is 342 g/mol. The van der Waals surface area contributed by atoms with E-state index < -0.39 is 16.9 Å². The number of hydrogen-bond donors (Lipinski definition) is 2. The summed E-state index contributed by atoms with van der Waals surface area (Å²) in [4.78, 5) is 35.2. The maximum atomic E-state index is 12.5. The van der Waals surface area contributed by atoms with Crippen molar-refractivity contribution in [1.82, 2.24) is 10.6 Å². The van der Waals surface area contributed by atoms with Gasteiger partial charge in [-0.05, 0) is 37.3 Å². The number of hydrogen-bond acceptors (Lipinski definition) is 5. The van der Waals surface area contributed by atoms with Crippen LogP contribution in [0.25, 0.3) is 0 Å². The number of carbonyl (C=O) groups excluding carboxylic acids is 2. The zero-order valence-corrected chi connectivity index (χ0v) is 15.0. The second-order valence-electron chi connectivity index (χ2n) is 6.10. The smallest absolute Gasteiger partial charge is 0.270 e. The number of carbonyl (C=O) groups is 2. The summed E-state index contributed by atoms with van der Waals surface area (Å²) in [6.45, 7) is 0. The Hall–Kier alpha value is -2.09. The fourth-order valence-corrected chi connectivity index (χ4v) is 3.35. The van der Waals surface area contributed by atoms with Crippen LogP contribution in [0.2, 0.25) is 0 Å². The third kappa shape index (κ3) is 5.74. The van der Waals surface area contributed by atoms with Crippen LogP contribution in [-0.4, -0.2) is 40.8 Å². The van der Waals surface area contributed by atoms with Gasteiger partial charge in [0.1, 0.15) is 6.04 Å². The third-order valence-electron chi connectivity index (χ3n) is 4.25. The Morgan fingerprint density at radius 1 is 1.36 bits per heavy atom. The average Bonchev–Trinajstić information content (AvgIpc) is 3.11. The molecule has 25 heavy (non-hydrogen) atoms. The molecule has 1 aliphatic rings. The number of non-ortho nitro benzene ring substituents is 1. The molecule has 0 bridgehead atoms. The molecule has 1 atom stereocenters. The van der Waals surface area contributed by atoms with E-state index in [0.717, 1.165) is 31.4 Å². The summed E-state index contributed by atoms with van der Waals surface area (Å²) in [5.74, 6) is 0.0777. The highest BCUT2D eigenvalue weighted by molar-refractivity contribution is 7.98. The minimum atomic E-state index is -0.639. The molecule has 1 fully saturated rings. The Balaban J connectivity index is 2.04. The first kappa shape index (κ1) is 19.2. The zero-order valence-electron chi connectivity index (χ0n) is 14.2. The second-order valence-corrected chi connectivity index (χ2v) is 7.09. The van der Waals surface area contributed by atoms with Gasteiger partial charge in [0.25, 0.3) is 11.6 Å². The molecule has 1 aromatic rings. The highest BCUT2D eigenvalue weighted by atomic mass is 32.2. The molecule has 1 aliphatic carbocycles. The van der Waals surface area contributed by atoms with E-state index in [-0.39, 0.29) is 23.2 Å². The van der Waals surface area contributed by atoms with E-state index in [1.165, 1.54) is 24.3 Å². The van der Waals surface area contributed by atoms with Gasteiger partial charge in [-0.15, -0.1) is 0 Å². The van der Waals surface area contributed by atoms with Crippen LogP contribution in [0, 0.1) is 10.1 Å². The molecule has 1 saturated carbocycles. The van der Waals surface area contributed by atoms with Gasteiger partial charge >= 0.3 is 0 Å². The van der Waals surface area contributed by atoms with Crippen molar-refractivity contribution in [3.8, 4) is 0 Å². The number of nitro benzene ring substituents is 1. The van der Waals surface area contributed by atoms with Gasteiger partial charge in [-0.25, -0.2) is 0 Å². The van der Waals surface area contributed by atoms with Crippen molar-refractivity contribution in [1.29, 1.82) is 0 Å². The minimum Gasteiger partial charge on any atom is -0.352 e. The summed E-state index contributed by atoms with van der Waals surface area (Å²) in [6.07, 6.45) is 6.62. The number of nitrogens with one attached hydrogen (secondary N) is 2. The highest BCUT2D eigenvalue weighted by Crippen LogP contribution is 2.18. The Morgan fingerprint density at radius 2 is 2.08 bits per heavy atom. The lowest BCUT2D eigenvalue weighted by Crippen LogP contribution is -2.49. The van der Waals surface area contributed by atoms with E-state index in [1.54, 1.807) is 11.8 Å². The third-order valence-corrected chi connectivity index (χ3v) is 4.90. The van der Waals surface area contributed by atoms with Crippen LogP contribution >= 0.6 is 11.8 Å². The lowest BCUT2D eigenvalue weighted by atomic mass is 10.1. The molecule has 2 amide bonds. The minimum absolute atomic E-state index is 0.149. The van der Waals surface area contributed by atoms with Gasteiger partial charge in [-0.3, -0.25) is 19.7 Å². The van der Waals surface area contributed by atoms with Gasteiger partial charge in [-0.1, -0.05) is 18.9 Å². The number of nitro groups is 1. The fourth-order valence-electron chi connectivity index (χ4n) is 2.88. The topological polar surface area (TPSA) is 101 Å². The largest absolute Gasteiger partial charge is 0.352 e. The summed E-state index contributed by atoms with van der Waals surface area (Å²) in [7, 11) is 0. The number of benzene rings is 1. The lowest BCUT2D eigenvalue weighted by molar-refractivity contribution is -0.384. The van der Waals surface area contributed by atoms with E-state index in [0.29, 0.717) is 6.42 Å². The predicted molar refractivity (Wildman–Crippen MR) is 97.7 cm³/mol. The van der Waals surface area contributed by atoms with E-state index >= 15 is 0 Å². The molecule has 8 heteroatoms. The zero-order chi connectivity index (χ0) is 18.2. The van der Waals surface area contributed by atoms with Crippen molar-refractivity contribution in [2.24, 2.45) is 0 Å². The Labute approximate surface area is 151 Å². The van der Waals surface area contributed by atoms with Gasteiger partial charge in [0.2, 0.25) is 5.91 Å². The molecule has 0 unspecified atom stereocenters. The predicted octanol–water partition coefficient (Wildman–Crippen LogP) is 2.51. The number of nitrogens with zero attached hydrogens (tertiary/aromatic N) is 1. The van der Waals surface area contributed by atoms with E-state index in [2.05, 4.69) is 10.6 Å². The van der Waals surface area contributed by atoms with Crippen LogP contribution in [0.15, 0.2) is 24.3 Å². The summed E-state index contributed by atoms with van der Waals surface area (Å²) < 4.78 is 0. The van der Waals surface area contributed by atoms with Gasteiger partial charge < -0.3 is 10.6 Å². The quantitative estimate of drug-likeness (QED) is 0.544. The molecule has 0 saturated heterocycles. The molecule has 0 radical (unpaired) electrons. The van der Waals surface area contributed by atoms with Crippen molar-refractivity contribution >= 4 is 29.3 Å². The first-order valence-corrected chi connectivity index (χ1v) is 9.75. The molecule has 7 nitrogen and oxygen atoms in total. The summed E-state index contributed by atoms with van der Waals surface area (Å²) >= 11 is 1.60. The van der Waals surface area contributed by atoms with Crippen molar-refractivity contribution in [3.05, 3.63) is 39.9 Å².